The molecule has 16 heavy (non-hydrogen) atoms. The molecule has 1 aliphatic rings. The summed E-state index contributed by atoms with van der Waals surface area (Å²) in [4.78, 5) is 11.5. The van der Waals surface area contributed by atoms with E-state index in [2.05, 4.69) is 17.9 Å². The third-order valence-corrected chi connectivity index (χ3v) is 3.06. The lowest BCUT2D eigenvalue weighted by Crippen LogP contribution is -2.44. The fourth-order valence-corrected chi connectivity index (χ4v) is 2.14. The number of thiol groups is 1. The number of nitrogens with one attached hydrogen (secondary N) is 1. The minimum Gasteiger partial charge on any atom is -0.444 e. The number of alkyl carbamates (subject to hydrolysis) is 1. The Balaban J connectivity index is 2.35. The van der Waals surface area contributed by atoms with Crippen LogP contribution in [0, 0.1) is 0 Å². The predicted octanol–water partition coefficient (Wildman–Crippen LogP) is 1.72. The van der Waals surface area contributed by atoms with Crippen molar-refractivity contribution in [1.29, 1.82) is 0 Å². The van der Waals surface area contributed by atoms with Gasteiger partial charge >= 0.3 is 6.09 Å². The van der Waals surface area contributed by atoms with E-state index in [1.807, 2.05) is 20.8 Å². The second kappa shape index (κ2) is 5.27. The van der Waals surface area contributed by atoms with Gasteiger partial charge in [-0.3, -0.25) is 0 Å². The van der Waals surface area contributed by atoms with E-state index < -0.39 is 11.7 Å². The number of hydrogen-bond donors (Lipinski definition) is 3. The fraction of sp³-hybridized carbons (Fsp3) is 0.909. The van der Waals surface area contributed by atoms with E-state index in [0.717, 1.165) is 6.42 Å². The minimum atomic E-state index is -0.474. The van der Waals surface area contributed by atoms with E-state index in [1.165, 1.54) is 0 Å². The molecule has 4 nitrogen and oxygen atoms in total. The van der Waals surface area contributed by atoms with Crippen LogP contribution in [-0.2, 0) is 4.74 Å². The first-order valence-electron chi connectivity index (χ1n) is 5.63. The molecule has 0 aromatic rings. The van der Waals surface area contributed by atoms with Gasteiger partial charge in [0.25, 0.3) is 0 Å². The fourth-order valence-electron chi connectivity index (χ4n) is 1.74. The topological polar surface area (TPSA) is 58.6 Å². The second-order valence-corrected chi connectivity index (χ2v) is 5.95. The van der Waals surface area contributed by atoms with E-state index in [9.17, 15) is 9.90 Å². The molecule has 1 rings (SSSR count). The van der Waals surface area contributed by atoms with Gasteiger partial charge in [-0.05, 0) is 40.0 Å². The van der Waals surface area contributed by atoms with Crippen molar-refractivity contribution in [1.82, 2.24) is 5.32 Å². The first-order valence-corrected chi connectivity index (χ1v) is 6.15. The van der Waals surface area contributed by atoms with Crippen LogP contribution in [-0.4, -0.2) is 34.2 Å². The van der Waals surface area contributed by atoms with Crippen LogP contribution in [0.5, 0.6) is 0 Å². The minimum absolute atomic E-state index is 0.0562. The zero-order valence-corrected chi connectivity index (χ0v) is 11.0. The lowest BCUT2D eigenvalue weighted by molar-refractivity contribution is 0.0466. The van der Waals surface area contributed by atoms with Crippen LogP contribution in [0.25, 0.3) is 0 Å². The summed E-state index contributed by atoms with van der Waals surface area (Å²) in [5, 5.41) is 12.2. The molecule has 5 heteroatoms. The number of aliphatic hydroxyl groups excluding tert-OH is 1. The highest BCUT2D eigenvalue weighted by molar-refractivity contribution is 7.81. The van der Waals surface area contributed by atoms with Crippen LogP contribution in [0.15, 0.2) is 0 Å². The van der Waals surface area contributed by atoms with Crippen molar-refractivity contribution in [2.45, 2.75) is 63.0 Å². The molecule has 0 unspecified atom stereocenters. The second-order valence-electron chi connectivity index (χ2n) is 5.29. The van der Waals surface area contributed by atoms with Gasteiger partial charge in [0.1, 0.15) is 5.60 Å². The molecular weight excluding hydrogens is 226 g/mol. The Morgan fingerprint density at radius 3 is 2.56 bits per heavy atom. The molecule has 3 atom stereocenters. The Kier molecular flexibility index (Phi) is 4.50. The van der Waals surface area contributed by atoms with E-state index in [4.69, 9.17) is 4.74 Å². The maximum atomic E-state index is 11.5. The highest BCUT2D eigenvalue weighted by Crippen LogP contribution is 2.23. The van der Waals surface area contributed by atoms with E-state index in [-0.39, 0.29) is 17.4 Å². The molecule has 0 radical (unpaired) electrons. The van der Waals surface area contributed by atoms with Gasteiger partial charge in [-0.1, -0.05) is 0 Å². The van der Waals surface area contributed by atoms with Crippen molar-refractivity contribution < 1.29 is 14.6 Å². The molecular formula is C11H21NO3S. The molecule has 0 saturated heterocycles. The van der Waals surface area contributed by atoms with Crippen molar-refractivity contribution in [3.05, 3.63) is 0 Å². The molecule has 0 aliphatic heterocycles. The van der Waals surface area contributed by atoms with Gasteiger partial charge in [-0.15, -0.1) is 0 Å². The normalized spacial score (nSPS) is 30.9. The molecule has 1 saturated carbocycles. The molecule has 1 fully saturated rings. The van der Waals surface area contributed by atoms with Crippen molar-refractivity contribution >= 4 is 18.7 Å². The van der Waals surface area contributed by atoms with Crippen LogP contribution in [0.3, 0.4) is 0 Å². The largest absolute Gasteiger partial charge is 0.444 e. The summed E-state index contributed by atoms with van der Waals surface area (Å²) in [7, 11) is 0. The van der Waals surface area contributed by atoms with Crippen LogP contribution in [0.4, 0.5) is 4.79 Å². The molecule has 0 aromatic carbocycles. The van der Waals surface area contributed by atoms with Crippen LogP contribution in [0.1, 0.15) is 40.0 Å². The van der Waals surface area contributed by atoms with Gasteiger partial charge in [0.2, 0.25) is 0 Å². The molecule has 94 valence electrons. The third-order valence-electron chi connectivity index (χ3n) is 2.50. The first kappa shape index (κ1) is 13.6. The Morgan fingerprint density at radius 2 is 2.06 bits per heavy atom. The number of hydrogen-bond acceptors (Lipinski definition) is 4. The van der Waals surface area contributed by atoms with Gasteiger partial charge in [0.05, 0.1) is 6.10 Å². The zero-order chi connectivity index (χ0) is 12.3. The van der Waals surface area contributed by atoms with E-state index in [0.29, 0.717) is 12.8 Å². The maximum absolute atomic E-state index is 11.5. The molecule has 0 bridgehead atoms. The SMILES string of the molecule is CC(C)(C)OC(=O)N[C@H]1CC[C@@H](O)[C@H](S)C1. The summed E-state index contributed by atoms with van der Waals surface area (Å²) >= 11 is 4.28. The molecule has 1 aliphatic carbocycles. The number of ether oxygens (including phenoxy) is 1. The van der Waals surface area contributed by atoms with Gasteiger partial charge in [0.15, 0.2) is 0 Å². The standard InChI is InChI=1S/C11H21NO3S/c1-11(2,3)15-10(14)12-7-4-5-8(13)9(16)6-7/h7-9,13,16H,4-6H2,1-3H3,(H,12,14)/t7-,8+,9+/m0/s1. The monoisotopic (exact) mass is 247 g/mol. The first-order chi connectivity index (χ1) is 7.28. The summed E-state index contributed by atoms with van der Waals surface area (Å²) in [6.07, 6.45) is 1.38. The highest BCUT2D eigenvalue weighted by atomic mass is 32.1. The Labute approximate surface area is 102 Å². The lowest BCUT2D eigenvalue weighted by atomic mass is 9.93. The van der Waals surface area contributed by atoms with Crippen molar-refractivity contribution in [3.63, 3.8) is 0 Å². The van der Waals surface area contributed by atoms with Crippen LogP contribution in [0.2, 0.25) is 0 Å². The number of amides is 1. The van der Waals surface area contributed by atoms with Crippen molar-refractivity contribution in [3.8, 4) is 0 Å². The van der Waals surface area contributed by atoms with Gasteiger partial charge in [-0.25, -0.2) is 4.79 Å². The molecule has 0 aromatic heterocycles. The van der Waals surface area contributed by atoms with Gasteiger partial charge in [0, 0.05) is 11.3 Å². The Hall–Kier alpha value is -0.420. The average Bonchev–Trinajstić information content (AvgIpc) is 2.08. The molecule has 1 amide bonds. The summed E-state index contributed by atoms with van der Waals surface area (Å²) in [6, 6.07) is 0.0562. The predicted molar refractivity (Wildman–Crippen MR) is 65.8 cm³/mol. The molecule has 2 N–H and O–H groups in total. The Bertz CT molecular complexity index is 252. The summed E-state index contributed by atoms with van der Waals surface area (Å²) in [6.45, 7) is 5.50. The summed E-state index contributed by atoms with van der Waals surface area (Å²) in [5.41, 5.74) is -0.474. The summed E-state index contributed by atoms with van der Waals surface area (Å²) in [5.74, 6) is 0. The quantitative estimate of drug-likeness (QED) is 0.618. The smallest absolute Gasteiger partial charge is 0.407 e. The van der Waals surface area contributed by atoms with E-state index >= 15 is 0 Å². The maximum Gasteiger partial charge on any atom is 0.407 e. The van der Waals surface area contributed by atoms with Crippen LogP contribution < -0.4 is 5.32 Å². The lowest BCUT2D eigenvalue weighted by Gasteiger charge is -2.31. The number of carbonyl (C=O) groups is 1. The number of aliphatic hydroxyl groups is 1. The average molecular weight is 247 g/mol. The third kappa shape index (κ3) is 4.61. The van der Waals surface area contributed by atoms with Crippen molar-refractivity contribution in [2.24, 2.45) is 0 Å². The number of rotatable bonds is 1. The zero-order valence-electron chi connectivity index (χ0n) is 10.1. The number of carbonyl (C=O) groups excluding carboxylic acids is 1. The van der Waals surface area contributed by atoms with E-state index in [1.54, 1.807) is 0 Å². The molecule has 0 spiro atoms. The highest BCUT2D eigenvalue weighted by Gasteiger charge is 2.28. The summed E-state index contributed by atoms with van der Waals surface area (Å²) < 4.78 is 5.17. The van der Waals surface area contributed by atoms with Crippen molar-refractivity contribution in [2.75, 3.05) is 0 Å². The van der Waals surface area contributed by atoms with Gasteiger partial charge < -0.3 is 15.2 Å². The Morgan fingerprint density at radius 1 is 1.44 bits per heavy atom. The van der Waals surface area contributed by atoms with Crippen LogP contribution >= 0.6 is 12.6 Å². The molecule has 0 heterocycles. The van der Waals surface area contributed by atoms with Gasteiger partial charge in [-0.2, -0.15) is 12.6 Å².